The highest BCUT2D eigenvalue weighted by Crippen LogP contribution is 2.27. The van der Waals surface area contributed by atoms with Gasteiger partial charge in [0.05, 0.1) is 5.56 Å². The van der Waals surface area contributed by atoms with Gasteiger partial charge in [0.15, 0.2) is 5.78 Å². The molecule has 0 unspecified atom stereocenters. The molecule has 0 saturated carbocycles. The predicted molar refractivity (Wildman–Crippen MR) is 65.1 cm³/mol. The van der Waals surface area contributed by atoms with Gasteiger partial charge < -0.3 is 4.74 Å². The Labute approximate surface area is 111 Å². The summed E-state index contributed by atoms with van der Waals surface area (Å²) < 4.78 is 40.3. The first kappa shape index (κ1) is 15.0. The minimum atomic E-state index is -4.79. The third-order valence-corrected chi connectivity index (χ3v) is 2.76. The SMILES string of the molecule is O=C(CCCCBr)c1ccccc1OC(F)(F)F. The van der Waals surface area contributed by atoms with Crippen LogP contribution in [-0.2, 0) is 0 Å². The van der Waals surface area contributed by atoms with Crippen molar-refractivity contribution in [2.45, 2.75) is 25.6 Å². The second-order valence-electron chi connectivity index (χ2n) is 3.61. The van der Waals surface area contributed by atoms with Crippen molar-refractivity contribution in [3.05, 3.63) is 29.8 Å². The van der Waals surface area contributed by atoms with Crippen LogP contribution in [0.25, 0.3) is 0 Å². The standard InChI is InChI=1S/C12H12BrF3O2/c13-8-4-3-6-10(17)9-5-1-2-7-11(9)18-12(14,15)16/h1-2,5,7H,3-4,6,8H2. The van der Waals surface area contributed by atoms with Gasteiger partial charge in [0, 0.05) is 11.8 Å². The maximum atomic E-state index is 12.2. The van der Waals surface area contributed by atoms with E-state index in [1.165, 1.54) is 18.2 Å². The Balaban J connectivity index is 2.78. The van der Waals surface area contributed by atoms with E-state index in [1.54, 1.807) is 0 Å². The summed E-state index contributed by atoms with van der Waals surface area (Å²) in [5.41, 5.74) is -0.0237. The van der Waals surface area contributed by atoms with E-state index in [9.17, 15) is 18.0 Å². The number of halogens is 4. The quantitative estimate of drug-likeness (QED) is 0.442. The molecule has 0 radical (unpaired) electrons. The Bertz CT molecular complexity index is 405. The van der Waals surface area contributed by atoms with E-state index in [0.29, 0.717) is 6.42 Å². The fraction of sp³-hybridized carbons (Fsp3) is 0.417. The van der Waals surface area contributed by atoms with E-state index in [1.807, 2.05) is 0 Å². The number of benzene rings is 1. The zero-order chi connectivity index (χ0) is 13.6. The van der Waals surface area contributed by atoms with Gasteiger partial charge in [-0.3, -0.25) is 4.79 Å². The molecule has 100 valence electrons. The van der Waals surface area contributed by atoms with E-state index in [4.69, 9.17) is 0 Å². The first-order valence-corrected chi connectivity index (χ1v) is 6.50. The second kappa shape index (κ2) is 6.78. The van der Waals surface area contributed by atoms with Crippen molar-refractivity contribution in [3.8, 4) is 5.75 Å². The summed E-state index contributed by atoms with van der Waals surface area (Å²) in [6.45, 7) is 0. The molecule has 0 bridgehead atoms. The van der Waals surface area contributed by atoms with E-state index >= 15 is 0 Å². The van der Waals surface area contributed by atoms with Gasteiger partial charge in [0.2, 0.25) is 0 Å². The van der Waals surface area contributed by atoms with Crippen molar-refractivity contribution < 1.29 is 22.7 Å². The van der Waals surface area contributed by atoms with E-state index in [-0.39, 0.29) is 17.8 Å². The average Bonchev–Trinajstić information content (AvgIpc) is 2.27. The van der Waals surface area contributed by atoms with Crippen LogP contribution in [0.4, 0.5) is 13.2 Å². The normalized spacial score (nSPS) is 11.3. The lowest BCUT2D eigenvalue weighted by molar-refractivity contribution is -0.274. The monoisotopic (exact) mass is 324 g/mol. The van der Waals surface area contributed by atoms with Crippen LogP contribution in [0.5, 0.6) is 5.75 Å². The van der Waals surface area contributed by atoms with Crippen molar-refractivity contribution in [2.24, 2.45) is 0 Å². The molecule has 0 aliphatic rings. The maximum absolute atomic E-state index is 12.2. The Hall–Kier alpha value is -1.04. The number of unbranched alkanes of at least 4 members (excludes halogenated alkanes) is 1. The number of carbonyl (C=O) groups is 1. The highest BCUT2D eigenvalue weighted by atomic mass is 79.9. The van der Waals surface area contributed by atoms with Crippen LogP contribution in [0.15, 0.2) is 24.3 Å². The van der Waals surface area contributed by atoms with E-state index < -0.39 is 12.1 Å². The van der Waals surface area contributed by atoms with Crippen molar-refractivity contribution in [1.29, 1.82) is 0 Å². The minimum absolute atomic E-state index is 0.0237. The lowest BCUT2D eigenvalue weighted by Gasteiger charge is -2.12. The lowest BCUT2D eigenvalue weighted by Crippen LogP contribution is -2.19. The van der Waals surface area contributed by atoms with E-state index in [2.05, 4.69) is 20.7 Å². The number of rotatable bonds is 6. The molecule has 0 spiro atoms. The fourth-order valence-corrected chi connectivity index (χ4v) is 1.82. The molecule has 0 saturated heterocycles. The van der Waals surface area contributed by atoms with Crippen molar-refractivity contribution in [1.82, 2.24) is 0 Å². The molecule has 6 heteroatoms. The number of ether oxygens (including phenoxy) is 1. The van der Waals surface area contributed by atoms with Gasteiger partial charge in [0.1, 0.15) is 5.75 Å². The zero-order valence-electron chi connectivity index (χ0n) is 9.47. The smallest absolute Gasteiger partial charge is 0.405 e. The van der Waals surface area contributed by atoms with Gasteiger partial charge in [-0.2, -0.15) is 0 Å². The Morgan fingerprint density at radius 1 is 1.22 bits per heavy atom. The summed E-state index contributed by atoms with van der Waals surface area (Å²) in [6.07, 6.45) is -3.14. The highest BCUT2D eigenvalue weighted by molar-refractivity contribution is 9.09. The minimum Gasteiger partial charge on any atom is -0.405 e. The summed E-state index contributed by atoms with van der Waals surface area (Å²) in [7, 11) is 0. The Morgan fingerprint density at radius 2 is 1.89 bits per heavy atom. The van der Waals surface area contributed by atoms with Crippen LogP contribution in [-0.4, -0.2) is 17.5 Å². The number of para-hydroxylation sites is 1. The Kier molecular flexibility index (Phi) is 5.65. The van der Waals surface area contributed by atoms with Gasteiger partial charge in [-0.05, 0) is 25.0 Å². The van der Waals surface area contributed by atoms with Gasteiger partial charge in [-0.25, -0.2) is 0 Å². The molecule has 0 amide bonds. The number of carbonyl (C=O) groups excluding carboxylic acids is 1. The molecule has 2 nitrogen and oxygen atoms in total. The van der Waals surface area contributed by atoms with Gasteiger partial charge >= 0.3 is 6.36 Å². The number of hydrogen-bond donors (Lipinski definition) is 0. The predicted octanol–water partition coefficient (Wildman–Crippen LogP) is 4.33. The van der Waals surface area contributed by atoms with Gasteiger partial charge in [-0.15, -0.1) is 13.2 Å². The molecule has 0 N–H and O–H groups in total. The summed E-state index contributed by atoms with van der Waals surface area (Å²) in [4.78, 5) is 11.8. The van der Waals surface area contributed by atoms with Crippen LogP contribution < -0.4 is 4.74 Å². The Morgan fingerprint density at radius 3 is 2.50 bits per heavy atom. The number of ketones is 1. The molecule has 0 fully saturated rings. The molecule has 1 rings (SSSR count). The molecule has 0 aliphatic carbocycles. The average molecular weight is 325 g/mol. The third-order valence-electron chi connectivity index (χ3n) is 2.20. The number of alkyl halides is 4. The van der Waals surface area contributed by atoms with Crippen LogP contribution in [0.2, 0.25) is 0 Å². The van der Waals surface area contributed by atoms with Crippen molar-refractivity contribution in [2.75, 3.05) is 5.33 Å². The molecular formula is C12H12BrF3O2. The first-order chi connectivity index (χ1) is 8.44. The maximum Gasteiger partial charge on any atom is 0.573 e. The highest BCUT2D eigenvalue weighted by Gasteiger charge is 2.32. The fourth-order valence-electron chi connectivity index (χ4n) is 1.43. The van der Waals surface area contributed by atoms with E-state index in [0.717, 1.165) is 17.8 Å². The molecule has 1 aromatic carbocycles. The molecular weight excluding hydrogens is 313 g/mol. The van der Waals surface area contributed by atoms with Crippen molar-refractivity contribution >= 4 is 21.7 Å². The second-order valence-corrected chi connectivity index (χ2v) is 4.41. The summed E-state index contributed by atoms with van der Waals surface area (Å²) in [6, 6.07) is 5.40. The third kappa shape index (κ3) is 5.08. The largest absolute Gasteiger partial charge is 0.573 e. The summed E-state index contributed by atoms with van der Waals surface area (Å²) in [5, 5.41) is 0.765. The van der Waals surface area contributed by atoms with Crippen LogP contribution in [0, 0.1) is 0 Å². The molecule has 0 atom stereocenters. The summed E-state index contributed by atoms with van der Waals surface area (Å²) >= 11 is 3.23. The van der Waals surface area contributed by atoms with Gasteiger partial charge in [-0.1, -0.05) is 28.1 Å². The molecule has 0 aromatic heterocycles. The molecule has 0 heterocycles. The number of Topliss-reactive ketones (excluding diaryl/α,β-unsaturated/α-hetero) is 1. The van der Waals surface area contributed by atoms with Crippen LogP contribution in [0.1, 0.15) is 29.6 Å². The number of hydrogen-bond acceptors (Lipinski definition) is 2. The van der Waals surface area contributed by atoms with Gasteiger partial charge in [0.25, 0.3) is 0 Å². The molecule has 1 aromatic rings. The lowest BCUT2D eigenvalue weighted by atomic mass is 10.0. The van der Waals surface area contributed by atoms with Crippen LogP contribution >= 0.6 is 15.9 Å². The first-order valence-electron chi connectivity index (χ1n) is 5.38. The molecule has 0 aliphatic heterocycles. The van der Waals surface area contributed by atoms with Crippen LogP contribution in [0.3, 0.4) is 0 Å². The zero-order valence-corrected chi connectivity index (χ0v) is 11.1. The summed E-state index contributed by atoms with van der Waals surface area (Å²) in [5.74, 6) is -0.773. The topological polar surface area (TPSA) is 26.3 Å². The molecule has 18 heavy (non-hydrogen) atoms. The van der Waals surface area contributed by atoms with Crippen molar-refractivity contribution in [3.63, 3.8) is 0 Å².